The Hall–Kier alpha value is -0.170. The largest absolute Gasteiger partial charge is 0.497 e. The van der Waals surface area contributed by atoms with E-state index in [2.05, 4.69) is 20.4 Å². The fourth-order valence-electron chi connectivity index (χ4n) is 0.323. The lowest BCUT2D eigenvalue weighted by Gasteiger charge is -2.07. The van der Waals surface area contributed by atoms with Crippen molar-refractivity contribution in [3.05, 3.63) is 12.3 Å². The van der Waals surface area contributed by atoms with Crippen LogP contribution in [-0.2, 0) is 4.74 Å². The number of allylic oxidation sites excluding steroid dienone is 1. The molecule has 0 aromatic rings. The van der Waals surface area contributed by atoms with Crippen molar-refractivity contribution in [2.75, 3.05) is 12.5 Å². The molecule has 0 aliphatic heterocycles. The van der Waals surface area contributed by atoms with Gasteiger partial charge in [0.05, 0.1) is 12.5 Å². The maximum atomic E-state index is 5.41. The van der Waals surface area contributed by atoms with Crippen LogP contribution < -0.4 is 0 Å². The first-order chi connectivity index (χ1) is 4.16. The van der Waals surface area contributed by atoms with Crippen molar-refractivity contribution >= 4 is 11.6 Å². The lowest BCUT2D eigenvalue weighted by molar-refractivity contribution is 0.183. The van der Waals surface area contributed by atoms with Gasteiger partial charge in [0.15, 0.2) is 0 Å². The van der Waals surface area contributed by atoms with Crippen LogP contribution in [0.5, 0.6) is 0 Å². The highest BCUT2D eigenvalue weighted by Crippen LogP contribution is 2.00. The first kappa shape index (κ1) is 8.83. The summed E-state index contributed by atoms with van der Waals surface area (Å²) in [6.45, 7) is 8.47. The minimum absolute atomic E-state index is 0.396. The van der Waals surface area contributed by atoms with E-state index < -0.39 is 0 Å². The van der Waals surface area contributed by atoms with Crippen LogP contribution >= 0.6 is 11.6 Å². The lowest BCUT2D eigenvalue weighted by atomic mass is 10.2. The molecule has 0 rings (SSSR count). The number of hydrogen-bond donors (Lipinski definition) is 0. The van der Waals surface area contributed by atoms with E-state index in [0.29, 0.717) is 24.2 Å². The maximum Gasteiger partial charge on any atom is 0.104 e. The van der Waals surface area contributed by atoms with Crippen molar-refractivity contribution in [2.24, 2.45) is 5.92 Å². The van der Waals surface area contributed by atoms with Crippen molar-refractivity contribution in [2.45, 2.75) is 13.8 Å². The molecular formula is C7H13ClO. The van der Waals surface area contributed by atoms with Crippen LogP contribution in [0, 0.1) is 5.92 Å². The third kappa shape index (κ3) is 5.71. The standard InChI is InChI=1S/C7H13ClO/c1-6(2)5-9-7(3)4-8/h6H,3-5H2,1-2H3. The minimum atomic E-state index is 0.396. The molecule has 0 saturated heterocycles. The molecule has 1 nitrogen and oxygen atoms in total. The highest BCUT2D eigenvalue weighted by atomic mass is 35.5. The Labute approximate surface area is 61.7 Å². The molecule has 0 aliphatic carbocycles. The molecule has 0 spiro atoms. The van der Waals surface area contributed by atoms with Gasteiger partial charge in [0.1, 0.15) is 5.76 Å². The van der Waals surface area contributed by atoms with Gasteiger partial charge >= 0.3 is 0 Å². The highest BCUT2D eigenvalue weighted by molar-refractivity contribution is 6.19. The Bertz CT molecular complexity index is 88.9. The van der Waals surface area contributed by atoms with Crippen LogP contribution in [0.25, 0.3) is 0 Å². The van der Waals surface area contributed by atoms with E-state index in [-0.39, 0.29) is 0 Å². The second kappa shape index (κ2) is 4.68. The summed E-state index contributed by atoms with van der Waals surface area (Å²) >= 11 is 5.41. The number of ether oxygens (including phenoxy) is 1. The lowest BCUT2D eigenvalue weighted by Crippen LogP contribution is -2.01. The monoisotopic (exact) mass is 148 g/mol. The third-order valence-electron chi connectivity index (χ3n) is 0.770. The summed E-state index contributed by atoms with van der Waals surface area (Å²) in [5, 5.41) is 0. The zero-order valence-corrected chi connectivity index (χ0v) is 6.74. The average Bonchev–Trinajstić information content (AvgIpc) is 1.83. The van der Waals surface area contributed by atoms with E-state index in [0.717, 1.165) is 0 Å². The molecule has 0 aromatic carbocycles. The van der Waals surface area contributed by atoms with Crippen LogP contribution in [0.2, 0.25) is 0 Å². The maximum absolute atomic E-state index is 5.41. The molecule has 0 bridgehead atoms. The van der Waals surface area contributed by atoms with Gasteiger partial charge in [-0.1, -0.05) is 20.4 Å². The number of alkyl halides is 1. The van der Waals surface area contributed by atoms with Crippen molar-refractivity contribution in [1.29, 1.82) is 0 Å². The van der Waals surface area contributed by atoms with E-state index >= 15 is 0 Å². The molecule has 0 fully saturated rings. The normalized spacial score (nSPS) is 9.78. The third-order valence-corrected chi connectivity index (χ3v) is 1.07. The zero-order valence-electron chi connectivity index (χ0n) is 5.98. The Morgan fingerprint density at radius 2 is 2.22 bits per heavy atom. The summed E-state index contributed by atoms with van der Waals surface area (Å²) in [5.41, 5.74) is 0. The first-order valence-electron chi connectivity index (χ1n) is 3.03. The Kier molecular flexibility index (Phi) is 4.60. The summed E-state index contributed by atoms with van der Waals surface area (Å²) in [5.74, 6) is 1.60. The summed E-state index contributed by atoms with van der Waals surface area (Å²) in [6.07, 6.45) is 0. The van der Waals surface area contributed by atoms with Crippen molar-refractivity contribution in [3.63, 3.8) is 0 Å². The molecular weight excluding hydrogens is 136 g/mol. The van der Waals surface area contributed by atoms with Gasteiger partial charge in [-0.25, -0.2) is 0 Å². The molecule has 0 aliphatic rings. The van der Waals surface area contributed by atoms with Crippen LogP contribution in [0.15, 0.2) is 12.3 Å². The quantitative estimate of drug-likeness (QED) is 0.440. The van der Waals surface area contributed by atoms with Crippen molar-refractivity contribution in [1.82, 2.24) is 0 Å². The molecule has 2 heteroatoms. The minimum Gasteiger partial charge on any atom is -0.497 e. The van der Waals surface area contributed by atoms with E-state index in [1.165, 1.54) is 0 Å². The molecule has 0 radical (unpaired) electrons. The fourth-order valence-corrected chi connectivity index (χ4v) is 0.400. The fraction of sp³-hybridized carbons (Fsp3) is 0.714. The second-order valence-electron chi connectivity index (χ2n) is 2.38. The Morgan fingerprint density at radius 1 is 1.67 bits per heavy atom. The van der Waals surface area contributed by atoms with Crippen LogP contribution in [0.3, 0.4) is 0 Å². The van der Waals surface area contributed by atoms with E-state index in [9.17, 15) is 0 Å². The zero-order chi connectivity index (χ0) is 7.28. The molecule has 0 saturated carbocycles. The highest BCUT2D eigenvalue weighted by Gasteiger charge is 1.94. The van der Waals surface area contributed by atoms with Crippen LogP contribution in [0.4, 0.5) is 0 Å². The number of hydrogen-bond acceptors (Lipinski definition) is 1. The Morgan fingerprint density at radius 3 is 2.56 bits per heavy atom. The summed E-state index contributed by atoms with van der Waals surface area (Å²) in [4.78, 5) is 0. The molecule has 9 heavy (non-hydrogen) atoms. The van der Waals surface area contributed by atoms with Crippen molar-refractivity contribution < 1.29 is 4.74 Å². The second-order valence-corrected chi connectivity index (χ2v) is 2.64. The van der Waals surface area contributed by atoms with E-state index in [1.54, 1.807) is 0 Å². The number of rotatable bonds is 4. The van der Waals surface area contributed by atoms with Crippen molar-refractivity contribution in [3.8, 4) is 0 Å². The van der Waals surface area contributed by atoms with Gasteiger partial charge in [0.25, 0.3) is 0 Å². The molecule has 0 unspecified atom stereocenters. The first-order valence-corrected chi connectivity index (χ1v) is 3.56. The van der Waals surface area contributed by atoms with Gasteiger partial charge in [0.2, 0.25) is 0 Å². The van der Waals surface area contributed by atoms with Gasteiger partial charge in [-0.2, -0.15) is 0 Å². The molecule has 0 atom stereocenters. The predicted molar refractivity (Wildman–Crippen MR) is 40.7 cm³/mol. The summed E-state index contributed by atoms with van der Waals surface area (Å²) in [7, 11) is 0. The van der Waals surface area contributed by atoms with E-state index in [1.807, 2.05) is 0 Å². The van der Waals surface area contributed by atoms with Gasteiger partial charge in [0, 0.05) is 0 Å². The topological polar surface area (TPSA) is 9.23 Å². The predicted octanol–water partition coefficient (Wildman–Crippen LogP) is 2.41. The summed E-state index contributed by atoms with van der Waals surface area (Å²) in [6, 6.07) is 0. The van der Waals surface area contributed by atoms with Gasteiger partial charge in [-0.15, -0.1) is 11.6 Å². The molecule has 0 aromatic heterocycles. The van der Waals surface area contributed by atoms with Gasteiger partial charge < -0.3 is 4.74 Å². The Balaban J connectivity index is 3.17. The van der Waals surface area contributed by atoms with Gasteiger partial charge in [-0.3, -0.25) is 0 Å². The van der Waals surface area contributed by atoms with Crippen LogP contribution in [0.1, 0.15) is 13.8 Å². The SMILES string of the molecule is C=C(CCl)OCC(C)C. The molecule has 54 valence electrons. The smallest absolute Gasteiger partial charge is 0.104 e. The molecule has 0 N–H and O–H groups in total. The summed E-state index contributed by atoms with van der Waals surface area (Å²) < 4.78 is 5.13. The molecule has 0 heterocycles. The molecule has 0 amide bonds. The van der Waals surface area contributed by atoms with Crippen LogP contribution in [-0.4, -0.2) is 12.5 Å². The average molecular weight is 149 g/mol. The number of halogens is 1. The van der Waals surface area contributed by atoms with E-state index in [4.69, 9.17) is 16.3 Å². The van der Waals surface area contributed by atoms with Gasteiger partial charge in [-0.05, 0) is 5.92 Å².